The van der Waals surface area contributed by atoms with E-state index in [0.29, 0.717) is 5.39 Å². The van der Waals surface area contributed by atoms with Crippen LogP contribution in [0.25, 0.3) is 10.9 Å². The van der Waals surface area contributed by atoms with Crippen LogP contribution in [0.2, 0.25) is 0 Å². The van der Waals surface area contributed by atoms with Gasteiger partial charge in [-0.2, -0.15) is 0 Å². The van der Waals surface area contributed by atoms with Crippen molar-refractivity contribution in [2.24, 2.45) is 0 Å². The third-order valence-corrected chi connectivity index (χ3v) is 1.91. The number of pyridine rings is 1. The van der Waals surface area contributed by atoms with Crippen molar-refractivity contribution in [1.82, 2.24) is 4.98 Å². The van der Waals surface area contributed by atoms with Crippen LogP contribution < -0.4 is 4.74 Å². The van der Waals surface area contributed by atoms with Crippen LogP contribution >= 0.6 is 0 Å². The van der Waals surface area contributed by atoms with Gasteiger partial charge in [0.05, 0.1) is 7.11 Å². The summed E-state index contributed by atoms with van der Waals surface area (Å²) >= 11 is 0. The van der Waals surface area contributed by atoms with Crippen molar-refractivity contribution in [2.75, 3.05) is 7.11 Å². The molecule has 1 aromatic carbocycles. The first-order chi connectivity index (χ1) is 6.72. The van der Waals surface area contributed by atoms with Crippen molar-refractivity contribution in [3.63, 3.8) is 0 Å². The number of hydrogen-bond donors (Lipinski definition) is 0. The van der Waals surface area contributed by atoms with Gasteiger partial charge in [0.2, 0.25) is 0 Å². The van der Waals surface area contributed by atoms with Crippen LogP contribution in [-0.2, 0) is 0 Å². The third-order valence-electron chi connectivity index (χ3n) is 1.91. The van der Waals surface area contributed by atoms with Crippen molar-refractivity contribution in [2.45, 2.75) is 0 Å². The van der Waals surface area contributed by atoms with Crippen molar-refractivity contribution >= 4 is 10.9 Å². The van der Waals surface area contributed by atoms with E-state index in [4.69, 9.17) is 0 Å². The maximum absolute atomic E-state index is 13.2. The molecule has 0 aliphatic rings. The molecular weight excluding hydrogens is 188 g/mol. The Bertz CT molecular complexity index is 485. The van der Waals surface area contributed by atoms with E-state index in [9.17, 15) is 8.78 Å². The largest absolute Gasteiger partial charge is 0.479 e. The molecule has 4 heteroatoms. The molecule has 0 fully saturated rings. The molecule has 1 aromatic heterocycles. The molecule has 0 saturated heterocycles. The predicted octanol–water partition coefficient (Wildman–Crippen LogP) is 2.52. The van der Waals surface area contributed by atoms with Crippen LogP contribution in [0.15, 0.2) is 24.3 Å². The lowest BCUT2D eigenvalue weighted by Gasteiger charge is -2.03. The number of aromatic nitrogens is 1. The van der Waals surface area contributed by atoms with Gasteiger partial charge in [0.25, 0.3) is 5.88 Å². The van der Waals surface area contributed by atoms with E-state index in [2.05, 4.69) is 9.72 Å². The summed E-state index contributed by atoms with van der Waals surface area (Å²) in [6, 6.07) is 5.57. The topological polar surface area (TPSA) is 22.1 Å². The number of hydrogen-bond acceptors (Lipinski definition) is 2. The summed E-state index contributed by atoms with van der Waals surface area (Å²) in [5.74, 6) is -1.27. The molecule has 2 rings (SSSR count). The molecule has 0 aliphatic carbocycles. The van der Waals surface area contributed by atoms with Crippen molar-refractivity contribution in [1.29, 1.82) is 0 Å². The van der Waals surface area contributed by atoms with Gasteiger partial charge in [0.1, 0.15) is 11.3 Å². The summed E-state index contributed by atoms with van der Waals surface area (Å²) in [5.41, 5.74) is 0.116. The maximum Gasteiger partial charge on any atom is 0.250 e. The molecule has 2 nitrogen and oxygen atoms in total. The fourth-order valence-electron chi connectivity index (χ4n) is 1.26. The van der Waals surface area contributed by atoms with Gasteiger partial charge in [-0.15, -0.1) is 0 Å². The number of ether oxygens (including phenoxy) is 1. The van der Waals surface area contributed by atoms with Gasteiger partial charge in [0, 0.05) is 5.39 Å². The molecule has 1 heterocycles. The molecule has 0 radical (unpaired) electrons. The fraction of sp³-hybridized carbons (Fsp3) is 0.100. The van der Waals surface area contributed by atoms with Crippen LogP contribution in [-0.4, -0.2) is 12.1 Å². The second-order valence-electron chi connectivity index (χ2n) is 2.79. The second kappa shape index (κ2) is 3.21. The Hall–Kier alpha value is -1.71. The van der Waals surface area contributed by atoms with Gasteiger partial charge in [0.15, 0.2) is 5.82 Å². The summed E-state index contributed by atoms with van der Waals surface area (Å²) in [7, 11) is 1.29. The first kappa shape index (κ1) is 8.87. The van der Waals surface area contributed by atoms with E-state index < -0.39 is 11.6 Å². The highest BCUT2D eigenvalue weighted by atomic mass is 19.1. The zero-order valence-corrected chi connectivity index (χ0v) is 7.42. The Balaban J connectivity index is 2.80. The zero-order valence-electron chi connectivity index (χ0n) is 7.42. The highest BCUT2D eigenvalue weighted by Gasteiger charge is 2.08. The average Bonchev–Trinajstić information content (AvgIpc) is 2.17. The SMILES string of the molecule is COc1nc2c(F)cccc2cc1F. The van der Waals surface area contributed by atoms with Crippen molar-refractivity contribution in [3.05, 3.63) is 35.9 Å². The standard InChI is InChI=1S/C10H7F2NO/c1-14-10-8(12)5-6-3-2-4-7(11)9(6)13-10/h2-5H,1H3. The number of nitrogens with zero attached hydrogens (tertiary/aromatic N) is 1. The minimum atomic E-state index is -0.592. The van der Waals surface area contributed by atoms with E-state index in [0.717, 1.165) is 0 Å². The van der Waals surface area contributed by atoms with Gasteiger partial charge < -0.3 is 4.74 Å². The monoisotopic (exact) mass is 195 g/mol. The van der Waals surface area contributed by atoms with Crippen LogP contribution in [0, 0.1) is 11.6 Å². The van der Waals surface area contributed by atoms with E-state index in [1.807, 2.05) is 0 Å². The average molecular weight is 195 g/mol. The van der Waals surface area contributed by atoms with Gasteiger partial charge in [-0.3, -0.25) is 0 Å². The molecular formula is C10H7F2NO. The minimum absolute atomic E-state index is 0.116. The van der Waals surface area contributed by atoms with Crippen molar-refractivity contribution < 1.29 is 13.5 Å². The van der Waals surface area contributed by atoms with Crippen LogP contribution in [0.4, 0.5) is 8.78 Å². The lowest BCUT2D eigenvalue weighted by molar-refractivity contribution is 0.371. The summed E-state index contributed by atoms with van der Waals surface area (Å²) in [5, 5.41) is 0.420. The molecule has 0 unspecified atom stereocenters. The molecule has 0 saturated carbocycles. The third kappa shape index (κ3) is 1.28. The Morgan fingerprint density at radius 1 is 1.21 bits per heavy atom. The Labute approximate surface area is 79.1 Å². The molecule has 72 valence electrons. The number of fused-ring (bicyclic) bond motifs is 1. The first-order valence-electron chi connectivity index (χ1n) is 4.01. The molecule has 2 aromatic rings. The maximum atomic E-state index is 13.2. The van der Waals surface area contributed by atoms with Crippen LogP contribution in [0.5, 0.6) is 5.88 Å². The molecule has 0 atom stereocenters. The first-order valence-corrected chi connectivity index (χ1v) is 4.01. The number of methoxy groups -OCH3 is 1. The number of para-hydroxylation sites is 1. The van der Waals surface area contributed by atoms with E-state index in [1.54, 1.807) is 6.07 Å². The molecule has 0 bridgehead atoms. The molecule has 0 spiro atoms. The highest BCUT2D eigenvalue weighted by molar-refractivity contribution is 5.79. The van der Waals surface area contributed by atoms with Crippen molar-refractivity contribution in [3.8, 4) is 5.88 Å². The Morgan fingerprint density at radius 3 is 2.71 bits per heavy atom. The molecule has 14 heavy (non-hydrogen) atoms. The molecule has 0 aliphatic heterocycles. The van der Waals surface area contributed by atoms with Crippen LogP contribution in [0.3, 0.4) is 0 Å². The molecule has 0 N–H and O–H groups in total. The minimum Gasteiger partial charge on any atom is -0.479 e. The van der Waals surface area contributed by atoms with Gasteiger partial charge in [-0.25, -0.2) is 13.8 Å². The number of benzene rings is 1. The Kier molecular flexibility index (Phi) is 2.04. The summed E-state index contributed by atoms with van der Waals surface area (Å²) in [6.45, 7) is 0. The highest BCUT2D eigenvalue weighted by Crippen LogP contribution is 2.22. The zero-order chi connectivity index (χ0) is 10.1. The van der Waals surface area contributed by atoms with Gasteiger partial charge in [-0.05, 0) is 12.1 Å². The van der Waals surface area contributed by atoms with Gasteiger partial charge >= 0.3 is 0 Å². The van der Waals surface area contributed by atoms with E-state index >= 15 is 0 Å². The summed E-state index contributed by atoms with van der Waals surface area (Å²) < 4.78 is 31.0. The number of rotatable bonds is 1. The number of halogens is 2. The quantitative estimate of drug-likeness (QED) is 0.697. The molecule has 0 amide bonds. The van der Waals surface area contributed by atoms with E-state index in [1.165, 1.54) is 25.3 Å². The normalized spacial score (nSPS) is 10.5. The predicted molar refractivity (Wildman–Crippen MR) is 48.2 cm³/mol. The summed E-state index contributed by atoms with van der Waals surface area (Å²) in [6.07, 6.45) is 0. The fourth-order valence-corrected chi connectivity index (χ4v) is 1.26. The summed E-state index contributed by atoms with van der Waals surface area (Å²) in [4.78, 5) is 3.72. The lowest BCUT2D eigenvalue weighted by atomic mass is 10.2. The Morgan fingerprint density at radius 2 is 2.00 bits per heavy atom. The van der Waals surface area contributed by atoms with Crippen LogP contribution in [0.1, 0.15) is 0 Å². The van der Waals surface area contributed by atoms with E-state index in [-0.39, 0.29) is 11.4 Å². The smallest absolute Gasteiger partial charge is 0.250 e. The lowest BCUT2D eigenvalue weighted by Crippen LogP contribution is -1.94. The second-order valence-corrected chi connectivity index (χ2v) is 2.79. The van der Waals surface area contributed by atoms with Gasteiger partial charge in [-0.1, -0.05) is 12.1 Å².